The Labute approximate surface area is 125 Å². The standard InChI is InChI=1S/C16H24N2O3/c1-12(7-6-8-13(2)17)16(21)18(11-15(19)20)14-9-4-3-5-10-14/h3-5,9-10,12-13H,6-8,11,17H2,1-2H3,(H,19,20). The lowest BCUT2D eigenvalue weighted by Crippen LogP contribution is -2.39. The molecule has 0 saturated carbocycles. The Hall–Kier alpha value is -1.88. The third-order valence-electron chi connectivity index (χ3n) is 3.35. The summed E-state index contributed by atoms with van der Waals surface area (Å²) in [6, 6.07) is 9.03. The number of carboxylic acid groups (broad SMARTS) is 1. The number of aliphatic carboxylic acids is 1. The highest BCUT2D eigenvalue weighted by molar-refractivity contribution is 5.98. The first-order valence-electron chi connectivity index (χ1n) is 7.25. The Morgan fingerprint density at radius 1 is 1.19 bits per heavy atom. The summed E-state index contributed by atoms with van der Waals surface area (Å²) in [5.74, 6) is -1.40. The molecule has 1 aromatic rings. The zero-order valence-electron chi connectivity index (χ0n) is 12.7. The predicted molar refractivity (Wildman–Crippen MR) is 83.1 cm³/mol. The summed E-state index contributed by atoms with van der Waals surface area (Å²) >= 11 is 0. The molecule has 5 nitrogen and oxygen atoms in total. The molecule has 116 valence electrons. The topological polar surface area (TPSA) is 83.6 Å². The van der Waals surface area contributed by atoms with E-state index in [0.29, 0.717) is 12.1 Å². The van der Waals surface area contributed by atoms with E-state index >= 15 is 0 Å². The second-order valence-corrected chi connectivity index (χ2v) is 5.46. The van der Waals surface area contributed by atoms with E-state index in [4.69, 9.17) is 10.8 Å². The maximum Gasteiger partial charge on any atom is 0.323 e. The highest BCUT2D eigenvalue weighted by Gasteiger charge is 2.23. The molecule has 0 aliphatic rings. The number of benzene rings is 1. The van der Waals surface area contributed by atoms with Crippen LogP contribution in [-0.2, 0) is 9.59 Å². The Balaban J connectivity index is 2.74. The van der Waals surface area contributed by atoms with Crippen molar-refractivity contribution >= 4 is 17.6 Å². The van der Waals surface area contributed by atoms with E-state index in [9.17, 15) is 9.59 Å². The van der Waals surface area contributed by atoms with Gasteiger partial charge in [0.05, 0.1) is 0 Å². The first-order valence-corrected chi connectivity index (χ1v) is 7.25. The van der Waals surface area contributed by atoms with E-state index in [1.54, 1.807) is 24.3 Å². The minimum Gasteiger partial charge on any atom is -0.480 e. The van der Waals surface area contributed by atoms with Crippen molar-refractivity contribution in [2.24, 2.45) is 11.7 Å². The molecule has 0 aliphatic carbocycles. The largest absolute Gasteiger partial charge is 0.480 e. The second-order valence-electron chi connectivity index (χ2n) is 5.46. The molecule has 0 radical (unpaired) electrons. The summed E-state index contributed by atoms with van der Waals surface area (Å²) in [4.78, 5) is 24.8. The van der Waals surface area contributed by atoms with Crippen molar-refractivity contribution < 1.29 is 14.7 Å². The summed E-state index contributed by atoms with van der Waals surface area (Å²) < 4.78 is 0. The van der Waals surface area contributed by atoms with Crippen LogP contribution in [0.25, 0.3) is 0 Å². The molecule has 2 atom stereocenters. The van der Waals surface area contributed by atoms with Gasteiger partial charge in [-0.05, 0) is 31.9 Å². The van der Waals surface area contributed by atoms with Crippen LogP contribution in [0.15, 0.2) is 30.3 Å². The van der Waals surface area contributed by atoms with Crippen LogP contribution in [0.3, 0.4) is 0 Å². The van der Waals surface area contributed by atoms with Gasteiger partial charge < -0.3 is 15.7 Å². The number of nitrogens with zero attached hydrogens (tertiary/aromatic N) is 1. The van der Waals surface area contributed by atoms with Gasteiger partial charge in [0.25, 0.3) is 0 Å². The summed E-state index contributed by atoms with van der Waals surface area (Å²) in [5, 5.41) is 9.01. The first kappa shape index (κ1) is 17.2. The number of hydrogen-bond acceptors (Lipinski definition) is 3. The minimum absolute atomic E-state index is 0.122. The third-order valence-corrected chi connectivity index (χ3v) is 3.35. The molecule has 2 unspecified atom stereocenters. The summed E-state index contributed by atoms with van der Waals surface area (Å²) in [6.45, 7) is 3.45. The number of amides is 1. The van der Waals surface area contributed by atoms with Crippen LogP contribution in [0.1, 0.15) is 33.1 Å². The summed E-state index contributed by atoms with van der Waals surface area (Å²) in [5.41, 5.74) is 6.31. The van der Waals surface area contributed by atoms with Gasteiger partial charge in [0.1, 0.15) is 6.54 Å². The van der Waals surface area contributed by atoms with Crippen molar-refractivity contribution in [3.05, 3.63) is 30.3 Å². The number of carboxylic acids is 1. The van der Waals surface area contributed by atoms with Gasteiger partial charge in [-0.1, -0.05) is 31.5 Å². The average molecular weight is 292 g/mol. The maximum absolute atomic E-state index is 12.5. The van der Waals surface area contributed by atoms with Crippen LogP contribution >= 0.6 is 0 Å². The molecule has 0 saturated heterocycles. The lowest BCUT2D eigenvalue weighted by atomic mass is 10.0. The molecule has 0 fully saturated rings. The average Bonchev–Trinajstić information content (AvgIpc) is 2.44. The van der Waals surface area contributed by atoms with Gasteiger partial charge in [-0.2, -0.15) is 0 Å². The van der Waals surface area contributed by atoms with Gasteiger partial charge in [0, 0.05) is 17.6 Å². The van der Waals surface area contributed by atoms with Crippen molar-refractivity contribution in [3.63, 3.8) is 0 Å². The molecular weight excluding hydrogens is 268 g/mol. The molecular formula is C16H24N2O3. The van der Waals surface area contributed by atoms with Gasteiger partial charge in [-0.3, -0.25) is 9.59 Å². The normalized spacial score (nSPS) is 13.5. The molecule has 0 spiro atoms. The Morgan fingerprint density at radius 2 is 1.81 bits per heavy atom. The van der Waals surface area contributed by atoms with Crippen LogP contribution in [0.5, 0.6) is 0 Å². The van der Waals surface area contributed by atoms with E-state index in [2.05, 4.69) is 0 Å². The predicted octanol–water partition coefficient (Wildman–Crippen LogP) is 2.26. The second kappa shape index (κ2) is 8.42. The maximum atomic E-state index is 12.5. The van der Waals surface area contributed by atoms with Gasteiger partial charge in [0.15, 0.2) is 0 Å². The van der Waals surface area contributed by atoms with Gasteiger partial charge in [-0.15, -0.1) is 0 Å². The van der Waals surface area contributed by atoms with E-state index < -0.39 is 5.97 Å². The van der Waals surface area contributed by atoms with Crippen molar-refractivity contribution in [2.75, 3.05) is 11.4 Å². The van der Waals surface area contributed by atoms with E-state index in [-0.39, 0.29) is 24.4 Å². The molecule has 1 amide bonds. The SMILES string of the molecule is CC(N)CCCC(C)C(=O)N(CC(=O)O)c1ccccc1. The van der Waals surface area contributed by atoms with E-state index in [1.165, 1.54) is 4.90 Å². The summed E-state index contributed by atoms with van der Waals surface area (Å²) in [7, 11) is 0. The quantitative estimate of drug-likeness (QED) is 0.769. The minimum atomic E-state index is -1.02. The number of anilines is 1. The third kappa shape index (κ3) is 5.95. The molecule has 3 N–H and O–H groups in total. The van der Waals surface area contributed by atoms with Crippen LogP contribution in [-0.4, -0.2) is 29.6 Å². The Bertz CT molecular complexity index is 460. The number of carbonyl (C=O) groups excluding carboxylic acids is 1. The van der Waals surface area contributed by atoms with Crippen LogP contribution in [0.2, 0.25) is 0 Å². The van der Waals surface area contributed by atoms with Crippen molar-refractivity contribution in [2.45, 2.75) is 39.2 Å². The molecule has 21 heavy (non-hydrogen) atoms. The molecule has 0 bridgehead atoms. The Morgan fingerprint density at radius 3 is 2.33 bits per heavy atom. The van der Waals surface area contributed by atoms with Crippen LogP contribution in [0.4, 0.5) is 5.69 Å². The fourth-order valence-electron chi connectivity index (χ4n) is 2.18. The number of nitrogens with two attached hydrogens (primary N) is 1. The molecule has 0 aliphatic heterocycles. The fraction of sp³-hybridized carbons (Fsp3) is 0.500. The molecule has 0 aromatic heterocycles. The zero-order chi connectivity index (χ0) is 15.8. The van der Waals surface area contributed by atoms with Gasteiger partial charge in [-0.25, -0.2) is 0 Å². The van der Waals surface area contributed by atoms with Gasteiger partial charge in [0.2, 0.25) is 5.91 Å². The van der Waals surface area contributed by atoms with E-state index in [1.807, 2.05) is 19.9 Å². The van der Waals surface area contributed by atoms with Crippen molar-refractivity contribution in [1.82, 2.24) is 0 Å². The monoisotopic (exact) mass is 292 g/mol. The smallest absolute Gasteiger partial charge is 0.323 e. The molecule has 1 rings (SSSR count). The molecule has 0 heterocycles. The Kier molecular flexibility index (Phi) is 6.88. The van der Waals surface area contributed by atoms with E-state index in [0.717, 1.165) is 12.8 Å². The summed E-state index contributed by atoms with van der Waals surface area (Å²) in [6.07, 6.45) is 2.44. The number of hydrogen-bond donors (Lipinski definition) is 2. The number of carbonyl (C=O) groups is 2. The lowest BCUT2D eigenvalue weighted by molar-refractivity contribution is -0.137. The zero-order valence-corrected chi connectivity index (χ0v) is 12.7. The highest BCUT2D eigenvalue weighted by Crippen LogP contribution is 2.19. The van der Waals surface area contributed by atoms with Crippen LogP contribution < -0.4 is 10.6 Å². The van der Waals surface area contributed by atoms with Crippen molar-refractivity contribution in [3.8, 4) is 0 Å². The molecule has 1 aromatic carbocycles. The number of para-hydroxylation sites is 1. The van der Waals surface area contributed by atoms with Crippen molar-refractivity contribution in [1.29, 1.82) is 0 Å². The lowest BCUT2D eigenvalue weighted by Gasteiger charge is -2.24. The van der Waals surface area contributed by atoms with Crippen LogP contribution in [0, 0.1) is 5.92 Å². The molecule has 5 heteroatoms. The number of rotatable bonds is 8. The fourth-order valence-corrected chi connectivity index (χ4v) is 2.18. The first-order chi connectivity index (χ1) is 9.91. The highest BCUT2D eigenvalue weighted by atomic mass is 16.4. The van der Waals surface area contributed by atoms with Gasteiger partial charge >= 0.3 is 5.97 Å².